The van der Waals surface area contributed by atoms with Gasteiger partial charge in [-0.2, -0.15) is 0 Å². The van der Waals surface area contributed by atoms with Crippen LogP contribution < -0.4 is 11.1 Å². The fourth-order valence-corrected chi connectivity index (χ4v) is 2.77. The molecule has 0 heterocycles. The molecule has 0 aromatic heterocycles. The molecule has 0 saturated heterocycles. The molecule has 0 aliphatic heterocycles. The van der Waals surface area contributed by atoms with Crippen LogP contribution in [0.4, 0.5) is 0 Å². The number of nitrogens with two attached hydrogens (primary N) is 1. The Kier molecular flexibility index (Phi) is 4.97. The third kappa shape index (κ3) is 4.06. The van der Waals surface area contributed by atoms with Gasteiger partial charge in [0.05, 0.1) is 0 Å². The van der Waals surface area contributed by atoms with Gasteiger partial charge in [-0.1, -0.05) is 37.3 Å². The minimum Gasteiger partial charge on any atom is -0.353 e. The first-order chi connectivity index (χ1) is 9.19. The maximum absolute atomic E-state index is 12.2. The number of carbonyl (C=O) groups is 1. The van der Waals surface area contributed by atoms with Crippen molar-refractivity contribution in [2.24, 2.45) is 11.7 Å². The zero-order valence-corrected chi connectivity index (χ0v) is 11.6. The van der Waals surface area contributed by atoms with E-state index in [1.54, 1.807) is 0 Å². The van der Waals surface area contributed by atoms with Crippen LogP contribution in [0, 0.1) is 5.92 Å². The van der Waals surface area contributed by atoms with E-state index in [0.717, 1.165) is 32.1 Å². The first kappa shape index (κ1) is 14.1. The molecule has 1 amide bonds. The minimum atomic E-state index is 0.125. The second kappa shape index (κ2) is 6.71. The van der Waals surface area contributed by atoms with Crippen molar-refractivity contribution in [2.75, 3.05) is 0 Å². The molecule has 104 valence electrons. The van der Waals surface area contributed by atoms with Crippen LogP contribution in [-0.2, 0) is 11.2 Å². The molecule has 3 atom stereocenters. The van der Waals surface area contributed by atoms with Crippen LogP contribution in [0.15, 0.2) is 30.3 Å². The molecule has 0 radical (unpaired) electrons. The molecule has 0 spiro atoms. The van der Waals surface area contributed by atoms with E-state index in [1.807, 2.05) is 18.2 Å². The van der Waals surface area contributed by atoms with Gasteiger partial charge < -0.3 is 11.1 Å². The van der Waals surface area contributed by atoms with Crippen molar-refractivity contribution in [2.45, 2.75) is 51.1 Å². The highest BCUT2D eigenvalue weighted by Gasteiger charge is 2.28. The average molecular weight is 260 g/mol. The van der Waals surface area contributed by atoms with Crippen LogP contribution in [0.25, 0.3) is 0 Å². The van der Waals surface area contributed by atoms with Gasteiger partial charge >= 0.3 is 0 Å². The van der Waals surface area contributed by atoms with Gasteiger partial charge in [0.2, 0.25) is 5.91 Å². The van der Waals surface area contributed by atoms with Gasteiger partial charge in [0.25, 0.3) is 0 Å². The van der Waals surface area contributed by atoms with E-state index < -0.39 is 0 Å². The van der Waals surface area contributed by atoms with Crippen molar-refractivity contribution in [1.29, 1.82) is 0 Å². The van der Waals surface area contributed by atoms with Gasteiger partial charge in [0.15, 0.2) is 0 Å². The fraction of sp³-hybridized carbons (Fsp3) is 0.562. The molecule has 1 saturated carbocycles. The van der Waals surface area contributed by atoms with Crippen LogP contribution >= 0.6 is 0 Å². The molecule has 1 fully saturated rings. The highest BCUT2D eigenvalue weighted by molar-refractivity contribution is 5.79. The normalized spacial score (nSPS) is 24.1. The van der Waals surface area contributed by atoms with Gasteiger partial charge in [-0.15, -0.1) is 0 Å². The number of hydrogen-bond donors (Lipinski definition) is 2. The minimum absolute atomic E-state index is 0.125. The van der Waals surface area contributed by atoms with Gasteiger partial charge in [0.1, 0.15) is 0 Å². The van der Waals surface area contributed by atoms with E-state index in [9.17, 15) is 4.79 Å². The number of rotatable bonds is 5. The second-order valence-electron chi connectivity index (χ2n) is 5.57. The predicted molar refractivity (Wildman–Crippen MR) is 77.7 cm³/mol. The maximum Gasteiger partial charge on any atom is 0.223 e. The van der Waals surface area contributed by atoms with Crippen molar-refractivity contribution >= 4 is 5.91 Å². The number of carbonyl (C=O) groups excluding carboxylic acids is 1. The molecule has 1 aromatic rings. The Hall–Kier alpha value is -1.35. The summed E-state index contributed by atoms with van der Waals surface area (Å²) in [4.78, 5) is 12.2. The Bertz CT molecular complexity index is 404. The number of benzene rings is 1. The van der Waals surface area contributed by atoms with E-state index in [0.29, 0.717) is 0 Å². The van der Waals surface area contributed by atoms with Gasteiger partial charge in [0, 0.05) is 18.0 Å². The lowest BCUT2D eigenvalue weighted by atomic mass is 10.0. The van der Waals surface area contributed by atoms with Gasteiger partial charge in [-0.05, 0) is 37.7 Å². The van der Waals surface area contributed by atoms with E-state index >= 15 is 0 Å². The molecule has 2 rings (SSSR count). The average Bonchev–Trinajstić information content (AvgIpc) is 2.86. The summed E-state index contributed by atoms with van der Waals surface area (Å²) in [7, 11) is 0. The first-order valence-corrected chi connectivity index (χ1v) is 7.29. The van der Waals surface area contributed by atoms with Crippen LogP contribution in [0.2, 0.25) is 0 Å². The van der Waals surface area contributed by atoms with E-state index in [2.05, 4.69) is 24.4 Å². The standard InChI is InChI=1S/C16H24N2O/c1-2-15(10-12-6-4-3-5-7-12)18-16(19)13-8-9-14(17)11-13/h3-7,13-15H,2,8-11,17H2,1H3,(H,18,19). The van der Waals surface area contributed by atoms with Crippen molar-refractivity contribution < 1.29 is 4.79 Å². The van der Waals surface area contributed by atoms with E-state index in [4.69, 9.17) is 5.73 Å². The summed E-state index contributed by atoms with van der Waals surface area (Å²) in [6.45, 7) is 2.12. The first-order valence-electron chi connectivity index (χ1n) is 7.29. The van der Waals surface area contributed by atoms with Crippen LogP contribution in [0.1, 0.15) is 38.2 Å². The summed E-state index contributed by atoms with van der Waals surface area (Å²) in [6.07, 6.45) is 4.62. The summed E-state index contributed by atoms with van der Waals surface area (Å²) >= 11 is 0. The molecule has 1 aliphatic rings. The monoisotopic (exact) mass is 260 g/mol. The highest BCUT2D eigenvalue weighted by atomic mass is 16.1. The number of nitrogens with one attached hydrogen (secondary N) is 1. The van der Waals surface area contributed by atoms with E-state index in [1.165, 1.54) is 5.56 Å². The number of amides is 1. The van der Waals surface area contributed by atoms with Crippen molar-refractivity contribution in [3.63, 3.8) is 0 Å². The van der Waals surface area contributed by atoms with E-state index in [-0.39, 0.29) is 23.9 Å². The third-order valence-electron chi connectivity index (χ3n) is 4.01. The van der Waals surface area contributed by atoms with Crippen LogP contribution in [-0.4, -0.2) is 18.0 Å². The van der Waals surface area contributed by atoms with Crippen molar-refractivity contribution in [3.05, 3.63) is 35.9 Å². The molecule has 1 aliphatic carbocycles. The smallest absolute Gasteiger partial charge is 0.223 e. The lowest BCUT2D eigenvalue weighted by Crippen LogP contribution is -2.39. The summed E-state index contributed by atoms with van der Waals surface area (Å²) in [5.41, 5.74) is 7.15. The number of hydrogen-bond acceptors (Lipinski definition) is 2. The summed E-state index contributed by atoms with van der Waals surface area (Å²) < 4.78 is 0. The molecule has 3 N–H and O–H groups in total. The zero-order valence-electron chi connectivity index (χ0n) is 11.6. The fourth-order valence-electron chi connectivity index (χ4n) is 2.77. The molecule has 3 nitrogen and oxygen atoms in total. The molecular weight excluding hydrogens is 236 g/mol. The van der Waals surface area contributed by atoms with Crippen LogP contribution in [0.3, 0.4) is 0 Å². The van der Waals surface area contributed by atoms with Gasteiger partial charge in [-0.3, -0.25) is 4.79 Å². The predicted octanol–water partition coefficient (Wildman–Crippen LogP) is 2.25. The van der Waals surface area contributed by atoms with Crippen LogP contribution in [0.5, 0.6) is 0 Å². The molecule has 3 unspecified atom stereocenters. The third-order valence-corrected chi connectivity index (χ3v) is 4.01. The second-order valence-corrected chi connectivity index (χ2v) is 5.57. The SMILES string of the molecule is CCC(Cc1ccccc1)NC(=O)C1CCC(N)C1. The molecular formula is C16H24N2O. The molecule has 3 heteroatoms. The summed E-state index contributed by atoms with van der Waals surface area (Å²) in [6, 6.07) is 10.8. The highest BCUT2D eigenvalue weighted by Crippen LogP contribution is 2.24. The lowest BCUT2D eigenvalue weighted by Gasteiger charge is -2.19. The zero-order chi connectivity index (χ0) is 13.7. The Labute approximate surface area is 115 Å². The Morgan fingerprint density at radius 1 is 1.37 bits per heavy atom. The Morgan fingerprint density at radius 2 is 2.11 bits per heavy atom. The topological polar surface area (TPSA) is 55.1 Å². The quantitative estimate of drug-likeness (QED) is 0.853. The van der Waals surface area contributed by atoms with Crippen molar-refractivity contribution in [3.8, 4) is 0 Å². The summed E-state index contributed by atoms with van der Waals surface area (Å²) in [5.74, 6) is 0.315. The van der Waals surface area contributed by atoms with Crippen molar-refractivity contribution in [1.82, 2.24) is 5.32 Å². The van der Waals surface area contributed by atoms with Gasteiger partial charge in [-0.25, -0.2) is 0 Å². The lowest BCUT2D eigenvalue weighted by molar-refractivity contribution is -0.125. The summed E-state index contributed by atoms with van der Waals surface area (Å²) in [5, 5.41) is 3.18. The Morgan fingerprint density at radius 3 is 2.68 bits per heavy atom. The molecule has 1 aromatic carbocycles. The molecule has 0 bridgehead atoms. The largest absolute Gasteiger partial charge is 0.353 e. The Balaban J connectivity index is 1.87. The maximum atomic E-state index is 12.2. The molecule has 19 heavy (non-hydrogen) atoms.